The number of hydrogen-bond donors (Lipinski definition) is 1. The molecule has 8 heteroatoms. The van der Waals surface area contributed by atoms with Crippen LogP contribution in [0.3, 0.4) is 0 Å². The molecule has 0 spiro atoms. The third-order valence-corrected chi connectivity index (χ3v) is 5.34. The van der Waals surface area contributed by atoms with Gasteiger partial charge >= 0.3 is 0 Å². The Morgan fingerprint density at radius 1 is 1.18 bits per heavy atom. The number of benzene rings is 2. The number of anilines is 1. The van der Waals surface area contributed by atoms with Gasteiger partial charge in [0.25, 0.3) is 5.91 Å². The summed E-state index contributed by atoms with van der Waals surface area (Å²) in [5, 5.41) is 10.9. The second-order valence-corrected chi connectivity index (χ2v) is 8.87. The molecule has 0 aliphatic heterocycles. The van der Waals surface area contributed by atoms with Gasteiger partial charge in [-0.3, -0.25) is 4.79 Å². The number of aromatic nitrogens is 3. The molecular formula is C25H31FN4O3. The highest BCUT2D eigenvalue weighted by atomic mass is 19.1. The van der Waals surface area contributed by atoms with E-state index in [-0.39, 0.29) is 16.8 Å². The number of nitrogens with zero attached hydrogens (tertiary/aromatic N) is 3. The van der Waals surface area contributed by atoms with Crippen LogP contribution in [-0.2, 0) is 5.41 Å². The number of halogens is 1. The molecule has 1 N–H and O–H groups in total. The number of nitrogens with one attached hydrogen (secondary N) is 1. The summed E-state index contributed by atoms with van der Waals surface area (Å²) in [5.74, 6) is 0.113. The molecule has 0 atom stereocenters. The summed E-state index contributed by atoms with van der Waals surface area (Å²) in [6, 6.07) is 10.1. The van der Waals surface area contributed by atoms with E-state index in [0.717, 1.165) is 18.4 Å². The maximum absolute atomic E-state index is 14.4. The molecule has 0 fully saturated rings. The van der Waals surface area contributed by atoms with E-state index < -0.39 is 11.7 Å². The van der Waals surface area contributed by atoms with Crippen molar-refractivity contribution in [1.82, 2.24) is 15.0 Å². The van der Waals surface area contributed by atoms with Crippen molar-refractivity contribution in [1.29, 1.82) is 0 Å². The van der Waals surface area contributed by atoms with E-state index in [1.807, 2.05) is 18.2 Å². The molecule has 0 aliphatic rings. The molecule has 1 amide bonds. The van der Waals surface area contributed by atoms with Gasteiger partial charge in [-0.1, -0.05) is 45.4 Å². The first-order valence-electron chi connectivity index (χ1n) is 11.0. The maximum Gasteiger partial charge on any atom is 0.278 e. The number of carbonyl (C=O) groups is 1. The predicted octanol–water partition coefficient (Wildman–Crippen LogP) is 5.45. The van der Waals surface area contributed by atoms with Crippen LogP contribution < -0.4 is 14.8 Å². The molecule has 3 aromatic rings. The number of amides is 1. The van der Waals surface area contributed by atoms with Crippen LogP contribution in [0.1, 0.15) is 62.3 Å². The highest BCUT2D eigenvalue weighted by Gasteiger charge is 2.22. The van der Waals surface area contributed by atoms with E-state index in [1.54, 1.807) is 6.92 Å². The summed E-state index contributed by atoms with van der Waals surface area (Å²) in [6.45, 7) is 10.6. The minimum atomic E-state index is -0.500. The van der Waals surface area contributed by atoms with E-state index in [0.29, 0.717) is 29.5 Å². The Hall–Kier alpha value is -3.42. The Morgan fingerprint density at radius 2 is 1.94 bits per heavy atom. The summed E-state index contributed by atoms with van der Waals surface area (Å²) < 4.78 is 26.8. The first kappa shape index (κ1) is 24.2. The minimum absolute atomic E-state index is 0.0953. The Balaban J connectivity index is 1.93. The van der Waals surface area contributed by atoms with Gasteiger partial charge in [-0.05, 0) is 48.6 Å². The lowest BCUT2D eigenvalue weighted by Crippen LogP contribution is -2.17. The van der Waals surface area contributed by atoms with Crippen LogP contribution in [0.5, 0.6) is 11.5 Å². The quantitative estimate of drug-likeness (QED) is 0.458. The molecule has 0 unspecified atom stereocenters. The van der Waals surface area contributed by atoms with Crippen molar-refractivity contribution in [2.24, 2.45) is 0 Å². The Labute approximate surface area is 193 Å². The smallest absolute Gasteiger partial charge is 0.278 e. The topological polar surface area (TPSA) is 78.3 Å². The van der Waals surface area contributed by atoms with Crippen LogP contribution in [0.4, 0.5) is 10.1 Å². The van der Waals surface area contributed by atoms with E-state index >= 15 is 0 Å². The zero-order chi connectivity index (χ0) is 24.2. The van der Waals surface area contributed by atoms with Gasteiger partial charge in [0, 0.05) is 6.07 Å². The standard InChI is InChI=1S/C25H31FN4O3/c1-7-8-13-33-22-12-9-17(25(3,4)5)14-20(22)27-24(31)23-16(2)30(29-28-23)21-15-18(32-6)10-11-19(21)26/h9-12,14-15H,7-8,13H2,1-6H3,(H,27,31). The summed E-state index contributed by atoms with van der Waals surface area (Å²) in [7, 11) is 1.50. The van der Waals surface area contributed by atoms with Crippen LogP contribution in [0.2, 0.25) is 0 Å². The van der Waals surface area contributed by atoms with Gasteiger partial charge in [0.2, 0.25) is 0 Å². The lowest BCUT2D eigenvalue weighted by atomic mass is 9.87. The number of ether oxygens (including phenoxy) is 2. The van der Waals surface area contributed by atoms with Crippen LogP contribution in [0, 0.1) is 12.7 Å². The lowest BCUT2D eigenvalue weighted by Gasteiger charge is -2.21. The van der Waals surface area contributed by atoms with E-state index in [4.69, 9.17) is 9.47 Å². The molecule has 0 bridgehead atoms. The van der Waals surface area contributed by atoms with E-state index in [2.05, 4.69) is 43.3 Å². The van der Waals surface area contributed by atoms with Crippen molar-refractivity contribution in [3.8, 4) is 17.2 Å². The maximum atomic E-state index is 14.4. The van der Waals surface area contributed by atoms with Crippen molar-refractivity contribution >= 4 is 11.6 Å². The minimum Gasteiger partial charge on any atom is -0.497 e. The van der Waals surface area contributed by atoms with E-state index in [1.165, 1.54) is 30.0 Å². The molecule has 0 saturated carbocycles. The Morgan fingerprint density at radius 3 is 2.61 bits per heavy atom. The second kappa shape index (κ2) is 10.0. The second-order valence-electron chi connectivity index (χ2n) is 8.87. The zero-order valence-corrected chi connectivity index (χ0v) is 20.0. The van der Waals surface area contributed by atoms with E-state index in [9.17, 15) is 9.18 Å². The van der Waals surface area contributed by atoms with Crippen molar-refractivity contribution in [2.75, 3.05) is 19.0 Å². The van der Waals surface area contributed by atoms with Crippen LogP contribution in [-0.4, -0.2) is 34.6 Å². The summed E-state index contributed by atoms with van der Waals surface area (Å²) in [6.07, 6.45) is 1.92. The fraction of sp³-hybridized carbons (Fsp3) is 0.400. The fourth-order valence-electron chi connectivity index (χ4n) is 3.28. The Kier molecular flexibility index (Phi) is 7.36. The number of carbonyl (C=O) groups excluding carboxylic acids is 1. The fourth-order valence-corrected chi connectivity index (χ4v) is 3.28. The van der Waals surface area contributed by atoms with Crippen molar-refractivity contribution in [3.05, 3.63) is 59.2 Å². The molecule has 0 radical (unpaired) electrons. The average molecular weight is 455 g/mol. The van der Waals surface area contributed by atoms with Crippen LogP contribution in [0.15, 0.2) is 36.4 Å². The molecule has 3 rings (SSSR count). The van der Waals surface area contributed by atoms with Gasteiger partial charge in [0.15, 0.2) is 5.69 Å². The third-order valence-electron chi connectivity index (χ3n) is 5.34. The highest BCUT2D eigenvalue weighted by molar-refractivity contribution is 6.04. The summed E-state index contributed by atoms with van der Waals surface area (Å²) in [4.78, 5) is 13.1. The first-order valence-corrected chi connectivity index (χ1v) is 11.0. The molecule has 176 valence electrons. The molecule has 1 aromatic heterocycles. The average Bonchev–Trinajstić information content (AvgIpc) is 3.15. The molecule has 1 heterocycles. The van der Waals surface area contributed by atoms with Crippen LogP contribution in [0.25, 0.3) is 5.69 Å². The van der Waals surface area contributed by atoms with Gasteiger partial charge in [-0.2, -0.15) is 0 Å². The molecule has 0 saturated heterocycles. The van der Waals surface area contributed by atoms with Gasteiger partial charge < -0.3 is 14.8 Å². The predicted molar refractivity (Wildman–Crippen MR) is 126 cm³/mol. The molecule has 0 aliphatic carbocycles. The van der Waals surface area contributed by atoms with Gasteiger partial charge in [0.1, 0.15) is 23.0 Å². The Bertz CT molecular complexity index is 1140. The normalized spacial score (nSPS) is 11.4. The highest BCUT2D eigenvalue weighted by Crippen LogP contribution is 2.32. The van der Waals surface area contributed by atoms with Crippen molar-refractivity contribution in [3.63, 3.8) is 0 Å². The van der Waals surface area contributed by atoms with Gasteiger partial charge in [-0.15, -0.1) is 5.10 Å². The molecule has 7 nitrogen and oxygen atoms in total. The number of rotatable bonds is 8. The monoisotopic (exact) mass is 454 g/mol. The molecular weight excluding hydrogens is 423 g/mol. The zero-order valence-electron chi connectivity index (χ0n) is 20.0. The largest absolute Gasteiger partial charge is 0.497 e. The first-order chi connectivity index (χ1) is 15.7. The van der Waals surface area contributed by atoms with Gasteiger partial charge in [0.05, 0.1) is 25.1 Å². The number of hydrogen-bond acceptors (Lipinski definition) is 5. The lowest BCUT2D eigenvalue weighted by molar-refractivity contribution is 0.102. The molecule has 2 aromatic carbocycles. The number of methoxy groups -OCH3 is 1. The molecule has 33 heavy (non-hydrogen) atoms. The third kappa shape index (κ3) is 5.50. The van der Waals surface area contributed by atoms with Crippen LogP contribution >= 0.6 is 0 Å². The summed E-state index contributed by atoms with van der Waals surface area (Å²) in [5.41, 5.74) is 2.16. The summed E-state index contributed by atoms with van der Waals surface area (Å²) >= 11 is 0. The van der Waals surface area contributed by atoms with Gasteiger partial charge in [-0.25, -0.2) is 9.07 Å². The van der Waals surface area contributed by atoms with Crippen molar-refractivity contribution in [2.45, 2.75) is 52.9 Å². The van der Waals surface area contributed by atoms with Crippen molar-refractivity contribution < 1.29 is 18.7 Å². The SMILES string of the molecule is CCCCOc1ccc(C(C)(C)C)cc1NC(=O)c1nnn(-c2cc(OC)ccc2F)c1C. The number of unbranched alkanes of at least 4 members (excludes halogenated alkanes) is 1.